The summed E-state index contributed by atoms with van der Waals surface area (Å²) in [6.07, 6.45) is 0. The summed E-state index contributed by atoms with van der Waals surface area (Å²) in [5.41, 5.74) is 1.86. The van der Waals surface area contributed by atoms with E-state index in [4.69, 9.17) is 15.3 Å². The predicted molar refractivity (Wildman–Crippen MR) is 237 cm³/mol. The van der Waals surface area contributed by atoms with Gasteiger partial charge >= 0.3 is 0 Å². The van der Waals surface area contributed by atoms with E-state index in [1.165, 1.54) is 55.6 Å². The Balaban J connectivity index is 0.00000684. The summed E-state index contributed by atoms with van der Waals surface area (Å²) in [6, 6.07) is 26.3. The number of rotatable bonds is 16. The van der Waals surface area contributed by atoms with Gasteiger partial charge < -0.3 is 14.9 Å². The summed E-state index contributed by atoms with van der Waals surface area (Å²) in [5, 5.41) is 81.3. The Morgan fingerprint density at radius 3 is 1.87 bits per heavy atom. The molecule has 1 heterocycles. The van der Waals surface area contributed by atoms with Gasteiger partial charge in [0, 0.05) is 50.3 Å². The van der Waals surface area contributed by atoms with E-state index in [9.17, 15) is 36.2 Å². The van der Waals surface area contributed by atoms with Crippen molar-refractivity contribution in [3.05, 3.63) is 109 Å². The Morgan fingerprint density at radius 2 is 1.24 bits per heavy atom. The molecule has 0 aliphatic rings. The molecule has 24 nitrogen and oxygen atoms in total. The molecule has 0 fully saturated rings. The number of fused-ring (bicyclic) bond motifs is 4. The summed E-state index contributed by atoms with van der Waals surface area (Å²) in [6.45, 7) is 0. The summed E-state index contributed by atoms with van der Waals surface area (Å²) in [5.74, 6) is -0.663. The molecule has 0 aliphatic heterocycles. The fourth-order valence-electron chi connectivity index (χ4n) is 6.31. The van der Waals surface area contributed by atoms with Crippen LogP contribution in [0.15, 0.2) is 159 Å². The van der Waals surface area contributed by atoms with Crippen LogP contribution in [0.4, 0.5) is 34.1 Å². The standard InChI is InChI=1S/C39H27N9O15S4.Cu/c1-59-34-19-31(33(49)18-32(34)44-42-22-4-2-21(3-5-22)40-41-23-6-9-25(10-7-23)64-62-60-51)43-45-38-35(65-63-61-52)15-20-14-24(8-11-27(20)39(38)50)48-46-30-13-12-28-29(37(30)47-48)16-26(66(53,54)55)17-36(28)67(56,57)58;/h2-19,49-52H,1H3,(H,53,54,55)(H,56,57,58);. The second-order valence-electron chi connectivity index (χ2n) is 13.4. The Morgan fingerprint density at radius 1 is 0.618 bits per heavy atom. The molecule has 68 heavy (non-hydrogen) atoms. The van der Waals surface area contributed by atoms with Gasteiger partial charge in [0.05, 0.1) is 63.7 Å². The van der Waals surface area contributed by atoms with E-state index in [2.05, 4.69) is 59.6 Å². The van der Waals surface area contributed by atoms with Crippen molar-refractivity contribution in [1.82, 2.24) is 15.0 Å². The minimum absolute atomic E-state index is 0. The fraction of sp³-hybridized carbons (Fsp3) is 0.0256. The third-order valence-corrected chi connectivity index (χ3v) is 12.3. The van der Waals surface area contributed by atoms with Crippen molar-refractivity contribution in [3.8, 4) is 22.9 Å². The molecule has 1 radical (unpaired) electrons. The number of hydrogen-bond acceptors (Lipinski definition) is 23. The van der Waals surface area contributed by atoms with Gasteiger partial charge in [-0.25, -0.2) is 10.5 Å². The van der Waals surface area contributed by atoms with Crippen LogP contribution in [-0.4, -0.2) is 68.8 Å². The molecular weight excluding hydrogens is 1030 g/mol. The Kier molecular flexibility index (Phi) is 15.1. The number of aromatic nitrogens is 3. The zero-order valence-corrected chi connectivity index (χ0v) is 37.9. The summed E-state index contributed by atoms with van der Waals surface area (Å²) in [4.78, 5) is 0.279. The van der Waals surface area contributed by atoms with Crippen LogP contribution in [0, 0.1) is 0 Å². The van der Waals surface area contributed by atoms with Gasteiger partial charge in [0.1, 0.15) is 44.5 Å². The second-order valence-corrected chi connectivity index (χ2v) is 17.8. The topological polar surface area (TPSA) is 341 Å². The maximum atomic E-state index is 12.2. The summed E-state index contributed by atoms with van der Waals surface area (Å²) < 4.78 is 82.5. The van der Waals surface area contributed by atoms with Gasteiger partial charge in [0.25, 0.3) is 20.2 Å². The first-order valence-corrected chi connectivity index (χ1v) is 22.7. The Bertz CT molecular complexity index is 3530. The van der Waals surface area contributed by atoms with Crippen LogP contribution < -0.4 is 4.74 Å². The maximum Gasteiger partial charge on any atom is 0.295 e. The molecule has 0 atom stereocenters. The number of phenolic OH excluding ortho intramolecular Hbond substituents is 2. The predicted octanol–water partition coefficient (Wildman–Crippen LogP) is 10.7. The molecule has 0 unspecified atom stereocenters. The molecule has 0 amide bonds. The molecule has 1 aromatic heterocycles. The average molecular weight is 1050 g/mol. The first-order chi connectivity index (χ1) is 32.1. The van der Waals surface area contributed by atoms with Crippen molar-refractivity contribution < 1.29 is 87.2 Å². The minimum Gasteiger partial charge on any atom is -0.506 e. The number of benzene rings is 7. The van der Waals surface area contributed by atoms with Gasteiger partial charge in [-0.05, 0) is 96.4 Å². The third-order valence-electron chi connectivity index (χ3n) is 9.35. The molecule has 0 bridgehead atoms. The first kappa shape index (κ1) is 49.4. The monoisotopic (exact) mass is 1050 g/mol. The van der Waals surface area contributed by atoms with E-state index >= 15 is 0 Å². The van der Waals surface area contributed by atoms with Crippen LogP contribution in [0.5, 0.6) is 17.2 Å². The number of phenols is 2. The average Bonchev–Trinajstić information content (AvgIpc) is 3.76. The van der Waals surface area contributed by atoms with Gasteiger partial charge in [-0.3, -0.25) is 9.11 Å². The van der Waals surface area contributed by atoms with Crippen LogP contribution in [0.1, 0.15) is 0 Å². The molecule has 6 N–H and O–H groups in total. The molecule has 8 aromatic rings. The molecule has 0 saturated carbocycles. The minimum atomic E-state index is -4.96. The molecular formula is C39H27CuN9O15S4. The number of ether oxygens (including phenoxy) is 1. The quantitative estimate of drug-likeness (QED) is 0.0131. The molecule has 7 aromatic carbocycles. The zero-order chi connectivity index (χ0) is 47.5. The van der Waals surface area contributed by atoms with Crippen molar-refractivity contribution in [2.45, 2.75) is 19.6 Å². The van der Waals surface area contributed by atoms with Crippen molar-refractivity contribution in [2.24, 2.45) is 30.7 Å². The van der Waals surface area contributed by atoms with E-state index in [0.717, 1.165) is 22.9 Å². The second kappa shape index (κ2) is 20.8. The maximum absolute atomic E-state index is 12.2. The number of nitrogens with zero attached hydrogens (tertiary/aromatic N) is 9. The van der Waals surface area contributed by atoms with Crippen LogP contribution in [0.2, 0.25) is 0 Å². The van der Waals surface area contributed by atoms with Crippen LogP contribution in [0.25, 0.3) is 38.3 Å². The zero-order valence-electron chi connectivity index (χ0n) is 33.7. The van der Waals surface area contributed by atoms with E-state index in [0.29, 0.717) is 45.5 Å². The van der Waals surface area contributed by atoms with E-state index in [-0.39, 0.29) is 83.4 Å². The SMILES string of the molecule is COc1cc(N=Nc2c(SOOO)cc3cc(-n4nc5ccc6c(S(=O)(=O)O)cc(S(=O)(=O)O)cc6c5n4)ccc3c2O)c(O)cc1N=Nc1ccc(N=Nc2ccc(SOOO)cc2)cc1.[Cu]. The molecule has 353 valence electrons. The van der Waals surface area contributed by atoms with E-state index in [1.54, 1.807) is 48.5 Å². The summed E-state index contributed by atoms with van der Waals surface area (Å²) >= 11 is 1.26. The van der Waals surface area contributed by atoms with Crippen LogP contribution in [-0.2, 0) is 56.0 Å². The Labute approximate surface area is 400 Å². The van der Waals surface area contributed by atoms with Crippen molar-refractivity contribution in [2.75, 3.05) is 7.11 Å². The van der Waals surface area contributed by atoms with Crippen molar-refractivity contribution >= 4 is 111 Å². The van der Waals surface area contributed by atoms with Gasteiger partial charge in [-0.2, -0.15) is 37.0 Å². The number of azo groups is 3. The molecule has 8 rings (SSSR count). The van der Waals surface area contributed by atoms with Gasteiger partial charge in [0.2, 0.25) is 0 Å². The van der Waals surface area contributed by atoms with Gasteiger partial charge in [-0.1, -0.05) is 16.1 Å². The molecule has 29 heteroatoms. The summed E-state index contributed by atoms with van der Waals surface area (Å²) in [7, 11) is -8.52. The van der Waals surface area contributed by atoms with Gasteiger partial charge in [-0.15, -0.1) is 34.2 Å². The largest absolute Gasteiger partial charge is 0.506 e. The van der Waals surface area contributed by atoms with Crippen LogP contribution in [0.3, 0.4) is 0 Å². The van der Waals surface area contributed by atoms with Gasteiger partial charge in [0.15, 0.2) is 5.75 Å². The van der Waals surface area contributed by atoms with Crippen molar-refractivity contribution in [3.63, 3.8) is 0 Å². The number of hydrogen-bond donors (Lipinski definition) is 6. The third kappa shape index (κ3) is 10.9. The molecule has 0 aliphatic carbocycles. The van der Waals surface area contributed by atoms with E-state index < -0.39 is 35.8 Å². The smallest absolute Gasteiger partial charge is 0.295 e. The fourth-order valence-corrected chi connectivity index (χ4v) is 8.51. The van der Waals surface area contributed by atoms with Crippen LogP contribution >= 0.6 is 24.1 Å². The van der Waals surface area contributed by atoms with E-state index in [1.807, 2.05) is 0 Å². The molecule has 0 spiro atoms. The Hall–Kier alpha value is -6.54. The number of methoxy groups -OCH3 is 1. The number of aromatic hydroxyl groups is 2. The van der Waals surface area contributed by atoms with Crippen molar-refractivity contribution in [1.29, 1.82) is 0 Å². The molecule has 0 saturated heterocycles. The normalized spacial score (nSPS) is 12.3. The first-order valence-electron chi connectivity index (χ1n) is 18.4.